The Morgan fingerprint density at radius 3 is 1.64 bits per heavy atom. The van der Waals surface area contributed by atoms with Crippen molar-refractivity contribution in [3.63, 3.8) is 0 Å². The van der Waals surface area contributed by atoms with E-state index in [0.29, 0.717) is 11.3 Å². The van der Waals surface area contributed by atoms with Gasteiger partial charge in [-0.3, -0.25) is 19.7 Å². The highest BCUT2D eigenvalue weighted by Gasteiger charge is 2.73. The summed E-state index contributed by atoms with van der Waals surface area (Å²) in [6, 6.07) is 26.5. The van der Waals surface area contributed by atoms with Crippen molar-refractivity contribution in [1.29, 1.82) is 0 Å². The van der Waals surface area contributed by atoms with Crippen LogP contribution in [-0.2, 0) is 30.7 Å². The maximum absolute atomic E-state index is 14.1. The van der Waals surface area contributed by atoms with Crippen LogP contribution in [0.4, 0.5) is 11.4 Å². The van der Waals surface area contributed by atoms with E-state index in [9.17, 15) is 24.5 Å². The van der Waals surface area contributed by atoms with E-state index in [4.69, 9.17) is 27.9 Å². The van der Waals surface area contributed by atoms with Gasteiger partial charge in [0.05, 0.1) is 28.0 Å². The number of carbonyl (C=O) groups excluding carboxylic acids is 3. The zero-order chi connectivity index (χ0) is 29.4. The van der Waals surface area contributed by atoms with Gasteiger partial charge in [-0.05, 0) is 64.2 Å². The van der Waals surface area contributed by atoms with Gasteiger partial charge < -0.3 is 4.74 Å². The number of nitro benzene ring substituents is 1. The molecule has 1 aliphatic heterocycles. The van der Waals surface area contributed by atoms with Gasteiger partial charge in [0, 0.05) is 12.1 Å². The van der Waals surface area contributed by atoms with Crippen molar-refractivity contribution in [1.82, 2.24) is 0 Å². The lowest BCUT2D eigenvalue weighted by atomic mass is 9.54. The molecule has 0 unspecified atom stereocenters. The highest BCUT2D eigenvalue weighted by molar-refractivity contribution is 6.38. The Kier molecular flexibility index (Phi) is 5.80. The van der Waals surface area contributed by atoms with Gasteiger partial charge in [-0.25, -0.2) is 9.69 Å². The number of ether oxygens (including phenoxy) is 1. The van der Waals surface area contributed by atoms with E-state index >= 15 is 0 Å². The van der Waals surface area contributed by atoms with Crippen LogP contribution in [0.25, 0.3) is 0 Å². The molecule has 0 N–H and O–H groups in total. The highest BCUT2D eigenvalue weighted by Crippen LogP contribution is 2.69. The molecule has 4 aromatic rings. The molecule has 8 rings (SSSR count). The monoisotopic (exact) mass is 598 g/mol. The van der Waals surface area contributed by atoms with Crippen molar-refractivity contribution in [2.45, 2.75) is 16.4 Å². The number of halogens is 2. The van der Waals surface area contributed by atoms with Gasteiger partial charge in [-0.1, -0.05) is 48.5 Å². The lowest BCUT2D eigenvalue weighted by Crippen LogP contribution is -2.57. The quantitative estimate of drug-likeness (QED) is 0.0910. The Bertz CT molecular complexity index is 1700. The largest absolute Gasteiger partial charge is 0.457 e. The SMILES string of the molecule is O=C(OCc1ccc([N+](=O)[O-])cc1)c1ccc(N2C(=O)[C@@H]3[C@@H](C2=O)C2(Cl)c4ccccc4C3(Cl)c3ccccc32)cc1. The van der Waals surface area contributed by atoms with Gasteiger partial charge >= 0.3 is 5.97 Å². The van der Waals surface area contributed by atoms with Crippen LogP contribution in [0.1, 0.15) is 38.2 Å². The van der Waals surface area contributed by atoms with Crippen molar-refractivity contribution in [2.24, 2.45) is 11.8 Å². The molecule has 1 fully saturated rings. The lowest BCUT2D eigenvalue weighted by molar-refractivity contribution is -0.384. The maximum Gasteiger partial charge on any atom is 0.338 e. The average molecular weight is 599 g/mol. The number of hydrogen-bond acceptors (Lipinski definition) is 6. The van der Waals surface area contributed by atoms with E-state index in [1.807, 2.05) is 48.5 Å². The summed E-state index contributed by atoms with van der Waals surface area (Å²) in [5.74, 6) is -3.40. The number of hydrogen-bond donors (Lipinski definition) is 0. The third kappa shape index (κ3) is 3.45. The van der Waals surface area contributed by atoms with Crippen molar-refractivity contribution >= 4 is 52.4 Å². The van der Waals surface area contributed by atoms with Crippen LogP contribution in [0.3, 0.4) is 0 Å². The molecule has 10 heteroatoms. The number of alkyl halides is 2. The standard InChI is InChI=1S/C32H20Cl2N2O6/c33-31-22-5-1-2-6-23(22)32(34,25-8-4-3-7-24(25)31)27-26(31)28(37)35(29(27)38)20-15-11-19(12-16-20)30(39)42-17-18-9-13-21(14-10-18)36(40)41/h1-16,26-27H,17H2/t26-,27-,31?,32?/m0/s1. The van der Waals surface area contributed by atoms with E-state index in [2.05, 4.69) is 0 Å². The first-order valence-corrected chi connectivity index (χ1v) is 13.9. The van der Waals surface area contributed by atoms with Crippen LogP contribution in [-0.4, -0.2) is 22.7 Å². The molecule has 42 heavy (non-hydrogen) atoms. The topological polar surface area (TPSA) is 107 Å². The van der Waals surface area contributed by atoms with E-state index in [-0.39, 0.29) is 17.9 Å². The summed E-state index contributed by atoms with van der Waals surface area (Å²) in [6.45, 7) is -0.0816. The number of imide groups is 1. The Hall–Kier alpha value is -4.53. The fourth-order valence-electron chi connectivity index (χ4n) is 6.61. The number of non-ortho nitro benzene ring substituents is 1. The zero-order valence-corrected chi connectivity index (χ0v) is 23.2. The molecular formula is C32H20Cl2N2O6. The molecule has 0 saturated carbocycles. The zero-order valence-electron chi connectivity index (χ0n) is 21.7. The van der Waals surface area contributed by atoms with Gasteiger partial charge in [-0.2, -0.15) is 0 Å². The number of rotatable bonds is 5. The predicted molar refractivity (Wildman–Crippen MR) is 154 cm³/mol. The van der Waals surface area contributed by atoms with E-state index in [1.165, 1.54) is 48.5 Å². The van der Waals surface area contributed by atoms with E-state index in [1.54, 1.807) is 0 Å². The molecule has 0 radical (unpaired) electrons. The average Bonchev–Trinajstić information content (AvgIpc) is 3.29. The molecule has 4 aliphatic rings. The summed E-state index contributed by atoms with van der Waals surface area (Å²) < 4.78 is 5.34. The van der Waals surface area contributed by atoms with Crippen molar-refractivity contribution in [3.05, 3.63) is 141 Å². The van der Waals surface area contributed by atoms with Crippen LogP contribution in [0, 0.1) is 22.0 Å². The third-order valence-corrected chi connectivity index (χ3v) is 9.75. The van der Waals surface area contributed by atoms with Gasteiger partial charge in [0.1, 0.15) is 16.4 Å². The molecular weight excluding hydrogens is 579 g/mol. The molecule has 1 heterocycles. The fourth-order valence-corrected chi connectivity index (χ4v) is 7.71. The Morgan fingerprint density at radius 2 is 1.21 bits per heavy atom. The van der Waals surface area contributed by atoms with Crippen molar-refractivity contribution in [2.75, 3.05) is 4.90 Å². The maximum atomic E-state index is 14.1. The van der Waals surface area contributed by atoms with Crippen LogP contribution < -0.4 is 4.90 Å². The molecule has 0 spiro atoms. The second kappa shape index (κ2) is 9.24. The molecule has 0 aromatic heterocycles. The van der Waals surface area contributed by atoms with Crippen molar-refractivity contribution < 1.29 is 24.0 Å². The number of esters is 1. The second-order valence-electron chi connectivity index (χ2n) is 10.5. The molecule has 2 amide bonds. The summed E-state index contributed by atoms with van der Waals surface area (Å²) in [4.78, 5) is 49.7. The smallest absolute Gasteiger partial charge is 0.338 e. The number of anilines is 1. The molecule has 3 aliphatic carbocycles. The fraction of sp³-hybridized carbons (Fsp3) is 0.156. The predicted octanol–water partition coefficient (Wildman–Crippen LogP) is 6.05. The third-order valence-electron chi connectivity index (χ3n) is 8.46. The number of nitro groups is 1. The van der Waals surface area contributed by atoms with E-state index in [0.717, 1.165) is 27.2 Å². The molecule has 208 valence electrons. The Labute approximate surface area is 249 Å². The Balaban J connectivity index is 1.18. The minimum atomic E-state index is -1.28. The van der Waals surface area contributed by atoms with Crippen LogP contribution >= 0.6 is 23.2 Å². The first-order chi connectivity index (χ1) is 20.2. The molecule has 2 atom stereocenters. The van der Waals surface area contributed by atoms with Gasteiger partial charge in [0.25, 0.3) is 5.69 Å². The minimum Gasteiger partial charge on any atom is -0.457 e. The highest BCUT2D eigenvalue weighted by atomic mass is 35.5. The second-order valence-corrected chi connectivity index (χ2v) is 11.7. The molecule has 2 bridgehead atoms. The van der Waals surface area contributed by atoms with Crippen LogP contribution in [0.15, 0.2) is 97.1 Å². The summed E-state index contributed by atoms with van der Waals surface area (Å²) in [5, 5.41) is 10.8. The summed E-state index contributed by atoms with van der Waals surface area (Å²) in [6.07, 6.45) is 0. The van der Waals surface area contributed by atoms with Gasteiger partial charge in [0.15, 0.2) is 0 Å². The first-order valence-electron chi connectivity index (χ1n) is 13.1. The number of benzene rings is 4. The molecule has 4 aromatic carbocycles. The van der Waals surface area contributed by atoms with Crippen molar-refractivity contribution in [3.8, 4) is 0 Å². The Morgan fingerprint density at radius 1 is 0.762 bits per heavy atom. The van der Waals surface area contributed by atoms with Gasteiger partial charge in [-0.15, -0.1) is 23.2 Å². The van der Waals surface area contributed by atoms with E-state index < -0.39 is 44.3 Å². The molecule has 1 saturated heterocycles. The summed E-state index contributed by atoms with van der Waals surface area (Å²) in [7, 11) is 0. The minimum absolute atomic E-state index is 0.0625. The number of carbonyl (C=O) groups is 3. The lowest BCUT2D eigenvalue weighted by Gasteiger charge is -2.54. The summed E-state index contributed by atoms with van der Waals surface area (Å²) >= 11 is 14.9. The first kappa shape index (κ1) is 26.4. The molecule has 8 nitrogen and oxygen atoms in total. The van der Waals surface area contributed by atoms with Crippen LogP contribution in [0.5, 0.6) is 0 Å². The summed E-state index contributed by atoms with van der Waals surface area (Å²) in [5.41, 5.74) is 3.90. The van der Waals surface area contributed by atoms with Gasteiger partial charge in [0.2, 0.25) is 11.8 Å². The van der Waals surface area contributed by atoms with Crippen LogP contribution in [0.2, 0.25) is 0 Å². The number of nitrogens with zero attached hydrogens (tertiary/aromatic N) is 2. The normalized spacial score (nSPS) is 25.0. The number of amides is 2.